The lowest BCUT2D eigenvalue weighted by Crippen LogP contribution is -2.36. The van der Waals surface area contributed by atoms with Crippen molar-refractivity contribution in [3.63, 3.8) is 0 Å². The van der Waals surface area contributed by atoms with Gasteiger partial charge in [-0.15, -0.1) is 0 Å². The lowest BCUT2D eigenvalue weighted by Gasteiger charge is -2.25. The van der Waals surface area contributed by atoms with Crippen molar-refractivity contribution < 1.29 is 18.0 Å². The van der Waals surface area contributed by atoms with Crippen LogP contribution in [-0.4, -0.2) is 27.1 Å². The predicted octanol–water partition coefficient (Wildman–Crippen LogP) is 5.19. The van der Waals surface area contributed by atoms with Gasteiger partial charge in [0, 0.05) is 23.3 Å². The van der Waals surface area contributed by atoms with Crippen LogP contribution in [0, 0.1) is 6.92 Å². The first-order valence-corrected chi connectivity index (χ1v) is 10.4. The van der Waals surface area contributed by atoms with Gasteiger partial charge < -0.3 is 4.90 Å². The minimum atomic E-state index is -4.53. The number of alkyl halides is 3. The van der Waals surface area contributed by atoms with E-state index >= 15 is 0 Å². The molecule has 166 valence electrons. The van der Waals surface area contributed by atoms with Crippen molar-refractivity contribution in [1.29, 1.82) is 0 Å². The van der Waals surface area contributed by atoms with E-state index in [1.807, 2.05) is 12.1 Å². The number of likely N-dealkylation sites (tertiary alicyclic amines) is 1. The Morgan fingerprint density at radius 2 is 1.88 bits per heavy atom. The molecule has 1 unspecified atom stereocenters. The third-order valence-corrected chi connectivity index (χ3v) is 5.85. The number of carbonyl (C=O) groups excluding carboxylic acids is 1. The molecule has 1 saturated heterocycles. The molecule has 1 aliphatic heterocycles. The van der Waals surface area contributed by atoms with Gasteiger partial charge in [-0.25, -0.2) is 4.68 Å². The van der Waals surface area contributed by atoms with E-state index in [2.05, 4.69) is 5.10 Å². The van der Waals surface area contributed by atoms with Crippen molar-refractivity contribution in [3.05, 3.63) is 92.4 Å². The van der Waals surface area contributed by atoms with Gasteiger partial charge in [-0.3, -0.25) is 9.59 Å². The summed E-state index contributed by atoms with van der Waals surface area (Å²) in [4.78, 5) is 27.5. The van der Waals surface area contributed by atoms with Crippen LogP contribution in [0.3, 0.4) is 0 Å². The first kappa shape index (κ1) is 22.1. The van der Waals surface area contributed by atoms with E-state index in [-0.39, 0.29) is 17.4 Å². The zero-order valence-electron chi connectivity index (χ0n) is 17.1. The fourth-order valence-corrected chi connectivity index (χ4v) is 4.25. The van der Waals surface area contributed by atoms with Crippen LogP contribution in [0.2, 0.25) is 5.02 Å². The second-order valence-electron chi connectivity index (χ2n) is 7.64. The maximum Gasteiger partial charge on any atom is 0.416 e. The van der Waals surface area contributed by atoms with Gasteiger partial charge >= 0.3 is 6.18 Å². The third kappa shape index (κ3) is 4.14. The van der Waals surface area contributed by atoms with Gasteiger partial charge in [0.2, 0.25) is 5.43 Å². The average Bonchev–Trinajstić information content (AvgIpc) is 3.23. The van der Waals surface area contributed by atoms with Crippen LogP contribution in [0.15, 0.2) is 59.4 Å². The molecule has 1 fully saturated rings. The van der Waals surface area contributed by atoms with Gasteiger partial charge in [-0.05, 0) is 49.6 Å². The van der Waals surface area contributed by atoms with E-state index < -0.39 is 23.1 Å². The Kier molecular flexibility index (Phi) is 5.81. The molecule has 32 heavy (non-hydrogen) atoms. The summed E-state index contributed by atoms with van der Waals surface area (Å²) in [6.45, 7) is 1.97. The Bertz CT molecular complexity index is 1240. The summed E-state index contributed by atoms with van der Waals surface area (Å²) in [5, 5.41) is 4.70. The smallest absolute Gasteiger partial charge is 0.330 e. The molecule has 1 atom stereocenters. The average molecular weight is 462 g/mol. The van der Waals surface area contributed by atoms with Gasteiger partial charge in [-0.1, -0.05) is 35.9 Å². The molecule has 0 spiro atoms. The number of aryl methyl sites for hydroxylation is 1. The second kappa shape index (κ2) is 8.43. The van der Waals surface area contributed by atoms with Gasteiger partial charge in [-0.2, -0.15) is 18.3 Å². The summed E-state index contributed by atoms with van der Waals surface area (Å²) in [5.41, 5.74) is -0.565. The first-order valence-electron chi connectivity index (χ1n) is 10.0. The standard InChI is InChI=1S/C23H19ClF3N3O2/c1-14-12-20(31)21(28-30(14)16-7-4-6-15(13-16)23(25,26)27)22(32)29-11-5-10-19(29)17-8-2-3-9-18(17)24/h2-4,6-9,12-13,19H,5,10-11H2,1H3. The summed E-state index contributed by atoms with van der Waals surface area (Å²) in [6.07, 6.45) is -3.11. The van der Waals surface area contributed by atoms with Crippen LogP contribution in [0.1, 0.15) is 46.2 Å². The SMILES string of the molecule is Cc1cc(=O)c(C(=O)N2CCCC2c2ccccc2Cl)nn1-c1cccc(C(F)(F)F)c1. The van der Waals surface area contributed by atoms with Crippen LogP contribution in [-0.2, 0) is 6.18 Å². The van der Waals surface area contributed by atoms with E-state index in [9.17, 15) is 22.8 Å². The fourth-order valence-electron chi connectivity index (χ4n) is 3.99. The second-order valence-corrected chi connectivity index (χ2v) is 8.04. The highest BCUT2D eigenvalue weighted by molar-refractivity contribution is 6.31. The van der Waals surface area contributed by atoms with Crippen molar-refractivity contribution in [1.82, 2.24) is 14.7 Å². The summed E-state index contributed by atoms with van der Waals surface area (Å²) in [5.74, 6) is -0.571. The van der Waals surface area contributed by atoms with Gasteiger partial charge in [0.1, 0.15) is 0 Å². The largest absolute Gasteiger partial charge is 0.416 e. The summed E-state index contributed by atoms with van der Waals surface area (Å²) in [6, 6.07) is 12.7. The van der Waals surface area contributed by atoms with Crippen molar-refractivity contribution >= 4 is 17.5 Å². The van der Waals surface area contributed by atoms with E-state index in [0.717, 1.165) is 24.1 Å². The molecule has 9 heteroatoms. The topological polar surface area (TPSA) is 55.2 Å². The molecule has 0 aliphatic carbocycles. The Labute approximate surface area is 187 Å². The number of benzene rings is 2. The van der Waals surface area contributed by atoms with Crippen molar-refractivity contribution in [2.45, 2.75) is 32.0 Å². The van der Waals surface area contributed by atoms with E-state index in [0.29, 0.717) is 23.7 Å². The van der Waals surface area contributed by atoms with Crippen LogP contribution in [0.25, 0.3) is 5.69 Å². The monoisotopic (exact) mass is 461 g/mol. The van der Waals surface area contributed by atoms with Crippen LogP contribution < -0.4 is 5.43 Å². The van der Waals surface area contributed by atoms with E-state index in [4.69, 9.17) is 11.6 Å². The molecule has 2 aromatic carbocycles. The normalized spacial score (nSPS) is 16.4. The molecule has 1 aliphatic rings. The summed E-state index contributed by atoms with van der Waals surface area (Å²) < 4.78 is 40.6. The summed E-state index contributed by atoms with van der Waals surface area (Å²) in [7, 11) is 0. The minimum absolute atomic E-state index is 0.107. The lowest BCUT2D eigenvalue weighted by molar-refractivity contribution is -0.137. The van der Waals surface area contributed by atoms with E-state index in [1.54, 1.807) is 24.0 Å². The fraction of sp³-hybridized carbons (Fsp3) is 0.261. The van der Waals surface area contributed by atoms with Crippen molar-refractivity contribution in [2.24, 2.45) is 0 Å². The highest BCUT2D eigenvalue weighted by atomic mass is 35.5. The minimum Gasteiger partial charge on any atom is -0.330 e. The molecule has 5 nitrogen and oxygen atoms in total. The molecule has 0 bridgehead atoms. The number of hydrogen-bond acceptors (Lipinski definition) is 3. The van der Waals surface area contributed by atoms with Gasteiger partial charge in [0.05, 0.1) is 17.3 Å². The van der Waals surface area contributed by atoms with Crippen LogP contribution in [0.5, 0.6) is 0 Å². The Hall–Kier alpha value is -3.13. The Morgan fingerprint density at radius 1 is 1.12 bits per heavy atom. The predicted molar refractivity (Wildman–Crippen MR) is 114 cm³/mol. The molecule has 0 N–H and O–H groups in total. The van der Waals surface area contributed by atoms with E-state index in [1.165, 1.54) is 22.9 Å². The number of aromatic nitrogens is 2. The quantitative estimate of drug-likeness (QED) is 0.539. The first-order chi connectivity index (χ1) is 15.2. The number of nitrogens with zero attached hydrogens (tertiary/aromatic N) is 3. The van der Waals surface area contributed by atoms with Gasteiger partial charge in [0.15, 0.2) is 5.69 Å². The molecular weight excluding hydrogens is 443 g/mol. The highest BCUT2D eigenvalue weighted by Crippen LogP contribution is 2.36. The van der Waals surface area contributed by atoms with Crippen molar-refractivity contribution in [3.8, 4) is 5.69 Å². The molecule has 2 heterocycles. The highest BCUT2D eigenvalue weighted by Gasteiger charge is 2.34. The number of rotatable bonds is 3. The molecule has 0 saturated carbocycles. The molecule has 3 aromatic rings. The molecule has 1 amide bonds. The number of hydrogen-bond donors (Lipinski definition) is 0. The van der Waals surface area contributed by atoms with Crippen molar-refractivity contribution in [2.75, 3.05) is 6.54 Å². The zero-order chi connectivity index (χ0) is 23.0. The Morgan fingerprint density at radius 3 is 2.59 bits per heavy atom. The number of halogens is 4. The maximum atomic E-state index is 13.3. The summed E-state index contributed by atoms with van der Waals surface area (Å²) >= 11 is 6.32. The molecule has 0 radical (unpaired) electrons. The number of carbonyl (C=O) groups is 1. The maximum absolute atomic E-state index is 13.3. The molecule has 4 rings (SSSR count). The lowest BCUT2D eigenvalue weighted by atomic mass is 10.0. The Balaban J connectivity index is 1.74. The zero-order valence-corrected chi connectivity index (χ0v) is 17.8. The van der Waals surface area contributed by atoms with Crippen LogP contribution >= 0.6 is 11.6 Å². The molecular formula is C23H19ClF3N3O2. The van der Waals surface area contributed by atoms with Gasteiger partial charge in [0.25, 0.3) is 5.91 Å². The van der Waals surface area contributed by atoms with Crippen LogP contribution in [0.4, 0.5) is 13.2 Å². The third-order valence-electron chi connectivity index (χ3n) is 5.51. The molecule has 1 aromatic heterocycles. The number of amides is 1.